The monoisotopic (exact) mass is 627 g/mol. The molecule has 5 aromatic rings. The summed E-state index contributed by atoms with van der Waals surface area (Å²) in [5.74, 6) is -0.513. The molecule has 1 unspecified atom stereocenters. The second-order valence-corrected chi connectivity index (χ2v) is 12.5. The molecule has 0 fully saturated rings. The highest BCUT2D eigenvalue weighted by Gasteiger charge is 2.20. The van der Waals surface area contributed by atoms with Crippen molar-refractivity contribution in [3.63, 3.8) is 0 Å². The van der Waals surface area contributed by atoms with Crippen LogP contribution in [0.4, 0.5) is 11.4 Å². The quantitative estimate of drug-likeness (QED) is 0.101. The fourth-order valence-electron chi connectivity index (χ4n) is 4.98. The van der Waals surface area contributed by atoms with Gasteiger partial charge in [-0.05, 0) is 82.8 Å². The van der Waals surface area contributed by atoms with E-state index in [1.165, 1.54) is 17.3 Å². The zero-order valence-electron chi connectivity index (χ0n) is 26.1. The second-order valence-electron chi connectivity index (χ2n) is 11.2. The van der Waals surface area contributed by atoms with Gasteiger partial charge in [0.05, 0.1) is 5.25 Å². The molecule has 3 N–H and O–H groups in total. The number of rotatable bonds is 11. The summed E-state index contributed by atoms with van der Waals surface area (Å²) in [5.41, 5.74) is 3.88. The van der Waals surface area contributed by atoms with E-state index in [0.717, 1.165) is 26.9 Å². The Kier molecular flexibility index (Phi) is 10.7. The third kappa shape index (κ3) is 8.31. The normalized spacial score (nSPS) is 12.0. The number of carbonyl (C=O) groups excluding carboxylic acids is 3. The Balaban J connectivity index is 1.34. The number of hydrogen-bond acceptors (Lipinski definition) is 4. The molecule has 0 spiro atoms. The van der Waals surface area contributed by atoms with Crippen LogP contribution in [0.2, 0.25) is 0 Å². The van der Waals surface area contributed by atoms with Crippen LogP contribution in [-0.4, -0.2) is 23.0 Å². The van der Waals surface area contributed by atoms with E-state index in [0.29, 0.717) is 23.6 Å². The molecule has 46 heavy (non-hydrogen) atoms. The number of hydrogen-bond donors (Lipinski definition) is 3. The summed E-state index contributed by atoms with van der Waals surface area (Å²) < 4.78 is 0. The number of fused-ring (bicyclic) bond motifs is 1. The molecule has 7 heteroatoms. The van der Waals surface area contributed by atoms with Crippen molar-refractivity contribution < 1.29 is 14.4 Å². The highest BCUT2D eigenvalue weighted by Crippen LogP contribution is 2.29. The molecule has 0 aromatic heterocycles. The van der Waals surface area contributed by atoms with E-state index >= 15 is 0 Å². The number of amides is 3. The predicted molar refractivity (Wildman–Crippen MR) is 190 cm³/mol. The third-order valence-electron chi connectivity index (χ3n) is 7.53. The van der Waals surface area contributed by atoms with Crippen molar-refractivity contribution in [2.24, 2.45) is 0 Å². The van der Waals surface area contributed by atoms with Crippen LogP contribution in [0.3, 0.4) is 0 Å². The summed E-state index contributed by atoms with van der Waals surface area (Å²) in [6.45, 7) is 6.25. The minimum absolute atomic E-state index is 0.0804. The Hall–Kier alpha value is -5.14. The van der Waals surface area contributed by atoms with E-state index in [9.17, 15) is 14.4 Å². The van der Waals surface area contributed by atoms with E-state index in [4.69, 9.17) is 0 Å². The number of nitrogens with one attached hydrogen (secondary N) is 3. The molecule has 0 saturated carbocycles. The maximum atomic E-state index is 13.7. The van der Waals surface area contributed by atoms with Gasteiger partial charge in [0.15, 0.2) is 0 Å². The van der Waals surface area contributed by atoms with Crippen molar-refractivity contribution in [2.45, 2.75) is 43.3 Å². The van der Waals surface area contributed by atoms with Gasteiger partial charge in [-0.2, -0.15) is 0 Å². The van der Waals surface area contributed by atoms with Gasteiger partial charge in [-0.3, -0.25) is 14.4 Å². The Bertz CT molecular complexity index is 1860. The molecule has 232 valence electrons. The van der Waals surface area contributed by atoms with Crippen molar-refractivity contribution in [3.05, 3.63) is 144 Å². The number of benzene rings is 5. The maximum Gasteiger partial charge on any atom is 0.272 e. The molecule has 0 heterocycles. The fourth-order valence-corrected chi connectivity index (χ4v) is 5.99. The van der Waals surface area contributed by atoms with Crippen LogP contribution in [0.25, 0.3) is 16.8 Å². The summed E-state index contributed by atoms with van der Waals surface area (Å²) in [6, 6.07) is 37.8. The topological polar surface area (TPSA) is 87.3 Å². The minimum Gasteiger partial charge on any atom is -0.325 e. The molecule has 5 aromatic carbocycles. The lowest BCUT2D eigenvalue weighted by Gasteiger charge is -2.16. The summed E-state index contributed by atoms with van der Waals surface area (Å²) in [4.78, 5) is 40.9. The summed E-state index contributed by atoms with van der Waals surface area (Å²) in [5, 5.41) is 10.5. The highest BCUT2D eigenvalue weighted by molar-refractivity contribution is 8.00. The zero-order chi connectivity index (χ0) is 32.5. The first kappa shape index (κ1) is 32.3. The minimum atomic E-state index is -0.464. The van der Waals surface area contributed by atoms with Crippen molar-refractivity contribution in [1.82, 2.24) is 5.32 Å². The van der Waals surface area contributed by atoms with Crippen molar-refractivity contribution >= 4 is 57.7 Å². The lowest BCUT2D eigenvalue weighted by atomic mass is 10.0. The van der Waals surface area contributed by atoms with Crippen LogP contribution in [0.5, 0.6) is 0 Å². The van der Waals surface area contributed by atoms with Gasteiger partial charge in [0, 0.05) is 21.8 Å². The van der Waals surface area contributed by atoms with E-state index < -0.39 is 5.91 Å². The predicted octanol–water partition coefficient (Wildman–Crippen LogP) is 8.88. The average Bonchev–Trinajstić information content (AvgIpc) is 3.07. The molecule has 5 rings (SSSR count). The van der Waals surface area contributed by atoms with Gasteiger partial charge in [0.1, 0.15) is 5.70 Å². The Morgan fingerprint density at radius 2 is 1.43 bits per heavy atom. The van der Waals surface area contributed by atoms with Crippen LogP contribution in [-0.2, 0) is 9.59 Å². The average molecular weight is 628 g/mol. The molecule has 3 amide bonds. The Morgan fingerprint density at radius 1 is 0.739 bits per heavy atom. The van der Waals surface area contributed by atoms with Crippen molar-refractivity contribution in [1.29, 1.82) is 0 Å². The van der Waals surface area contributed by atoms with Gasteiger partial charge in [-0.15, -0.1) is 11.8 Å². The van der Waals surface area contributed by atoms with Crippen LogP contribution >= 0.6 is 11.8 Å². The first-order chi connectivity index (χ1) is 22.3. The summed E-state index contributed by atoms with van der Waals surface area (Å²) >= 11 is 1.44. The SMILES string of the molecule is CCC(Sc1cccc(NC(=O)/C(=C\c2cccc3ccccc23)NC(=O)c2ccccc2)c1)C(=O)Nc1ccc(C(C)C)cc1. The van der Waals surface area contributed by atoms with Gasteiger partial charge in [0.25, 0.3) is 11.8 Å². The molecular weight excluding hydrogens is 591 g/mol. The Labute approximate surface area is 274 Å². The van der Waals surface area contributed by atoms with Gasteiger partial charge in [0.2, 0.25) is 5.91 Å². The fraction of sp³-hybridized carbons (Fsp3) is 0.154. The van der Waals surface area contributed by atoms with Crippen molar-refractivity contribution in [3.8, 4) is 0 Å². The first-order valence-electron chi connectivity index (χ1n) is 15.4. The van der Waals surface area contributed by atoms with Gasteiger partial charge >= 0.3 is 0 Å². The summed E-state index contributed by atoms with van der Waals surface area (Å²) in [7, 11) is 0. The molecule has 0 aliphatic rings. The van der Waals surface area contributed by atoms with Gasteiger partial charge < -0.3 is 16.0 Å². The molecular formula is C39H37N3O3S. The second kappa shape index (κ2) is 15.2. The largest absolute Gasteiger partial charge is 0.325 e. The van der Waals surface area contributed by atoms with Gasteiger partial charge in [-0.25, -0.2) is 0 Å². The van der Waals surface area contributed by atoms with Crippen molar-refractivity contribution in [2.75, 3.05) is 10.6 Å². The molecule has 0 aliphatic carbocycles. The van der Waals surface area contributed by atoms with Crippen LogP contribution in [0.15, 0.2) is 132 Å². The molecule has 0 radical (unpaired) electrons. The highest BCUT2D eigenvalue weighted by atomic mass is 32.2. The standard InChI is InChI=1S/C39H37N3O3S/c1-4-36(39(45)40-31-22-20-27(21-23-31)26(2)3)46-33-18-11-17-32(25-33)41-38(44)35(42-37(43)29-13-6-5-7-14-29)24-30-16-10-15-28-12-8-9-19-34(28)30/h5-26,36H,4H2,1-3H3,(H,40,45)(H,41,44)(H,42,43)/b35-24+. The van der Waals surface area contributed by atoms with E-state index in [-0.39, 0.29) is 22.8 Å². The third-order valence-corrected chi connectivity index (χ3v) is 8.89. The van der Waals surface area contributed by atoms with E-state index in [1.807, 2.05) is 97.9 Å². The Morgan fingerprint density at radius 3 is 2.17 bits per heavy atom. The maximum absolute atomic E-state index is 13.7. The molecule has 6 nitrogen and oxygen atoms in total. The number of anilines is 2. The molecule has 1 atom stereocenters. The van der Waals surface area contributed by atoms with E-state index in [1.54, 1.807) is 36.4 Å². The lowest BCUT2D eigenvalue weighted by Crippen LogP contribution is -2.30. The summed E-state index contributed by atoms with van der Waals surface area (Å²) in [6.07, 6.45) is 2.32. The first-order valence-corrected chi connectivity index (χ1v) is 16.2. The molecule has 0 bridgehead atoms. The molecule has 0 saturated heterocycles. The van der Waals surface area contributed by atoms with Crippen LogP contribution < -0.4 is 16.0 Å². The lowest BCUT2D eigenvalue weighted by molar-refractivity contribution is -0.116. The smallest absolute Gasteiger partial charge is 0.272 e. The van der Waals surface area contributed by atoms with Crippen LogP contribution in [0, 0.1) is 0 Å². The van der Waals surface area contributed by atoms with Crippen LogP contribution in [0.1, 0.15) is 54.6 Å². The van der Waals surface area contributed by atoms with Gasteiger partial charge in [-0.1, -0.05) is 99.6 Å². The zero-order valence-corrected chi connectivity index (χ0v) is 26.9. The number of thioether (sulfide) groups is 1. The number of carbonyl (C=O) groups is 3. The molecule has 0 aliphatic heterocycles. The van der Waals surface area contributed by atoms with E-state index in [2.05, 4.69) is 29.8 Å².